The Morgan fingerprint density at radius 2 is 2.08 bits per heavy atom. The van der Waals surface area contributed by atoms with E-state index in [-0.39, 0.29) is 12.1 Å². The summed E-state index contributed by atoms with van der Waals surface area (Å²) in [6.07, 6.45) is 4.51. The van der Waals surface area contributed by atoms with Crippen LogP contribution in [0.1, 0.15) is 25.7 Å². The van der Waals surface area contributed by atoms with Crippen molar-refractivity contribution in [1.29, 1.82) is 0 Å². The fraction of sp³-hybridized carbons (Fsp3) is 0.632. The lowest BCUT2D eigenvalue weighted by atomic mass is 10.1. The maximum Gasteiger partial charge on any atom is 0.321 e. The molecule has 6 heteroatoms. The van der Waals surface area contributed by atoms with Gasteiger partial charge in [0, 0.05) is 26.2 Å². The molecule has 2 aliphatic rings. The molecule has 1 atom stereocenters. The van der Waals surface area contributed by atoms with Crippen LogP contribution in [-0.2, 0) is 4.74 Å². The molecule has 0 bridgehead atoms. The maximum absolute atomic E-state index is 12.6. The SMILES string of the molecule is CN1CCCN(C(=O)Nc2ccccc2OCC2CCCCO2)CC1. The number of likely N-dealkylation sites (N-methyl/N-ethyl adjacent to an activating group) is 1. The Balaban J connectivity index is 1.57. The number of nitrogens with zero attached hydrogens (tertiary/aromatic N) is 2. The minimum absolute atomic E-state index is 0.0553. The van der Waals surface area contributed by atoms with E-state index in [9.17, 15) is 4.79 Å². The summed E-state index contributed by atoms with van der Waals surface area (Å²) in [5.41, 5.74) is 0.723. The zero-order chi connectivity index (χ0) is 17.5. The van der Waals surface area contributed by atoms with E-state index in [2.05, 4.69) is 17.3 Å². The molecule has 2 fully saturated rings. The lowest BCUT2D eigenvalue weighted by Crippen LogP contribution is -2.37. The number of anilines is 1. The van der Waals surface area contributed by atoms with Crippen LogP contribution in [0.25, 0.3) is 0 Å². The van der Waals surface area contributed by atoms with E-state index in [0.29, 0.717) is 12.4 Å². The number of rotatable bonds is 4. The summed E-state index contributed by atoms with van der Waals surface area (Å²) in [5, 5.41) is 3.01. The fourth-order valence-corrected chi connectivity index (χ4v) is 3.26. The number of para-hydroxylation sites is 2. The molecular weight excluding hydrogens is 318 g/mol. The van der Waals surface area contributed by atoms with E-state index in [1.54, 1.807) is 0 Å². The number of ether oxygens (including phenoxy) is 2. The minimum Gasteiger partial charge on any atom is -0.489 e. The van der Waals surface area contributed by atoms with Crippen LogP contribution in [-0.4, -0.2) is 68.4 Å². The van der Waals surface area contributed by atoms with Crippen LogP contribution in [0.4, 0.5) is 10.5 Å². The first-order valence-electron chi connectivity index (χ1n) is 9.30. The molecule has 1 N–H and O–H groups in total. The Morgan fingerprint density at radius 3 is 2.92 bits per heavy atom. The van der Waals surface area contributed by atoms with Gasteiger partial charge in [0.05, 0.1) is 11.8 Å². The second-order valence-corrected chi connectivity index (χ2v) is 6.87. The van der Waals surface area contributed by atoms with Crippen molar-refractivity contribution in [1.82, 2.24) is 9.80 Å². The van der Waals surface area contributed by atoms with Gasteiger partial charge in [0.1, 0.15) is 12.4 Å². The van der Waals surface area contributed by atoms with Crippen molar-refractivity contribution >= 4 is 11.7 Å². The van der Waals surface area contributed by atoms with Crippen LogP contribution in [0, 0.1) is 0 Å². The number of amides is 2. The van der Waals surface area contributed by atoms with E-state index in [1.165, 1.54) is 6.42 Å². The summed E-state index contributed by atoms with van der Waals surface area (Å²) in [4.78, 5) is 16.7. The first-order valence-corrected chi connectivity index (χ1v) is 9.30. The summed E-state index contributed by atoms with van der Waals surface area (Å²) >= 11 is 0. The van der Waals surface area contributed by atoms with Crippen molar-refractivity contribution in [2.24, 2.45) is 0 Å². The van der Waals surface area contributed by atoms with Gasteiger partial charge in [0.2, 0.25) is 0 Å². The van der Waals surface area contributed by atoms with Crippen LogP contribution in [0.3, 0.4) is 0 Å². The number of urea groups is 1. The average Bonchev–Trinajstić information content (AvgIpc) is 2.86. The molecule has 25 heavy (non-hydrogen) atoms. The Kier molecular flexibility index (Phi) is 6.53. The number of hydrogen-bond acceptors (Lipinski definition) is 4. The van der Waals surface area contributed by atoms with Crippen molar-refractivity contribution in [2.45, 2.75) is 31.8 Å². The summed E-state index contributed by atoms with van der Waals surface area (Å²) in [5.74, 6) is 0.706. The van der Waals surface area contributed by atoms with Gasteiger partial charge in [-0.15, -0.1) is 0 Å². The van der Waals surface area contributed by atoms with Gasteiger partial charge >= 0.3 is 6.03 Å². The molecule has 0 aromatic heterocycles. The van der Waals surface area contributed by atoms with Crippen molar-refractivity contribution < 1.29 is 14.3 Å². The molecule has 2 amide bonds. The number of carbonyl (C=O) groups excluding carboxylic acids is 1. The highest BCUT2D eigenvalue weighted by Gasteiger charge is 2.19. The Labute approximate surface area is 150 Å². The standard InChI is InChI=1S/C19H29N3O3/c1-21-10-6-11-22(13-12-21)19(23)20-17-8-2-3-9-18(17)25-15-16-7-4-5-14-24-16/h2-3,8-9,16H,4-7,10-15H2,1H3,(H,20,23). The lowest BCUT2D eigenvalue weighted by molar-refractivity contribution is -0.0109. The van der Waals surface area contributed by atoms with Gasteiger partial charge < -0.3 is 24.6 Å². The number of nitrogens with one attached hydrogen (secondary N) is 1. The second-order valence-electron chi connectivity index (χ2n) is 6.87. The third-order valence-electron chi connectivity index (χ3n) is 4.83. The smallest absolute Gasteiger partial charge is 0.321 e. The Bertz CT molecular complexity index is 561. The molecule has 0 spiro atoms. The third-order valence-corrected chi connectivity index (χ3v) is 4.83. The minimum atomic E-state index is -0.0553. The summed E-state index contributed by atoms with van der Waals surface area (Å²) in [6, 6.07) is 7.57. The molecule has 1 aromatic rings. The van der Waals surface area contributed by atoms with Crippen molar-refractivity contribution in [3.63, 3.8) is 0 Å². The van der Waals surface area contributed by atoms with Crippen LogP contribution < -0.4 is 10.1 Å². The number of benzene rings is 1. The summed E-state index contributed by atoms with van der Waals surface area (Å²) in [7, 11) is 2.10. The molecule has 1 aromatic carbocycles. The maximum atomic E-state index is 12.6. The van der Waals surface area contributed by atoms with Crippen LogP contribution in [0.5, 0.6) is 5.75 Å². The molecule has 138 valence electrons. The molecule has 1 unspecified atom stereocenters. The lowest BCUT2D eigenvalue weighted by Gasteiger charge is -2.24. The zero-order valence-corrected chi connectivity index (χ0v) is 15.1. The first-order chi connectivity index (χ1) is 12.2. The molecule has 2 heterocycles. The van der Waals surface area contributed by atoms with E-state index in [4.69, 9.17) is 9.47 Å². The van der Waals surface area contributed by atoms with E-state index in [0.717, 1.165) is 57.7 Å². The van der Waals surface area contributed by atoms with Gasteiger partial charge in [0.25, 0.3) is 0 Å². The number of carbonyl (C=O) groups is 1. The van der Waals surface area contributed by atoms with Crippen LogP contribution in [0.15, 0.2) is 24.3 Å². The van der Waals surface area contributed by atoms with E-state index >= 15 is 0 Å². The second kappa shape index (κ2) is 9.06. The summed E-state index contributed by atoms with van der Waals surface area (Å²) in [6.45, 7) is 4.82. The molecule has 0 radical (unpaired) electrons. The molecular formula is C19H29N3O3. The van der Waals surface area contributed by atoms with Crippen molar-refractivity contribution in [3.05, 3.63) is 24.3 Å². The van der Waals surface area contributed by atoms with Gasteiger partial charge in [-0.1, -0.05) is 12.1 Å². The number of hydrogen-bond donors (Lipinski definition) is 1. The average molecular weight is 347 g/mol. The highest BCUT2D eigenvalue weighted by Crippen LogP contribution is 2.25. The highest BCUT2D eigenvalue weighted by molar-refractivity contribution is 5.91. The van der Waals surface area contributed by atoms with Gasteiger partial charge in [-0.3, -0.25) is 0 Å². The first kappa shape index (κ1) is 18.0. The molecule has 0 aliphatic carbocycles. The fourth-order valence-electron chi connectivity index (χ4n) is 3.26. The van der Waals surface area contributed by atoms with E-state index < -0.39 is 0 Å². The van der Waals surface area contributed by atoms with Gasteiger partial charge in [-0.2, -0.15) is 0 Å². The van der Waals surface area contributed by atoms with Crippen LogP contribution in [0.2, 0.25) is 0 Å². The van der Waals surface area contributed by atoms with Crippen LogP contribution >= 0.6 is 0 Å². The van der Waals surface area contributed by atoms with Crippen molar-refractivity contribution in [3.8, 4) is 5.75 Å². The topological polar surface area (TPSA) is 54.0 Å². The molecule has 2 saturated heterocycles. The van der Waals surface area contributed by atoms with Gasteiger partial charge in [0.15, 0.2) is 0 Å². The Morgan fingerprint density at radius 1 is 1.20 bits per heavy atom. The molecule has 6 nitrogen and oxygen atoms in total. The third kappa shape index (κ3) is 5.34. The normalized spacial score (nSPS) is 22.3. The van der Waals surface area contributed by atoms with Gasteiger partial charge in [-0.05, 0) is 51.4 Å². The molecule has 0 saturated carbocycles. The van der Waals surface area contributed by atoms with E-state index in [1.807, 2.05) is 29.2 Å². The predicted octanol–water partition coefficient (Wildman–Crippen LogP) is 2.80. The highest BCUT2D eigenvalue weighted by atomic mass is 16.5. The zero-order valence-electron chi connectivity index (χ0n) is 15.1. The monoisotopic (exact) mass is 347 g/mol. The predicted molar refractivity (Wildman–Crippen MR) is 98.2 cm³/mol. The Hall–Kier alpha value is -1.79. The molecule has 3 rings (SSSR count). The van der Waals surface area contributed by atoms with Crippen molar-refractivity contribution in [2.75, 3.05) is 51.8 Å². The largest absolute Gasteiger partial charge is 0.489 e. The van der Waals surface area contributed by atoms with Gasteiger partial charge in [-0.25, -0.2) is 4.79 Å². The summed E-state index contributed by atoms with van der Waals surface area (Å²) < 4.78 is 11.7. The quantitative estimate of drug-likeness (QED) is 0.910. The molecule has 2 aliphatic heterocycles.